The van der Waals surface area contributed by atoms with Crippen molar-refractivity contribution < 1.29 is 19.7 Å². The molecular weight excluding hydrogens is 546 g/mol. The van der Waals surface area contributed by atoms with E-state index in [2.05, 4.69) is 43.9 Å². The van der Waals surface area contributed by atoms with Crippen LogP contribution in [0.3, 0.4) is 0 Å². The average Bonchev–Trinajstić information content (AvgIpc) is 3.73. The maximum atomic E-state index is 11.2. The van der Waals surface area contributed by atoms with Crippen molar-refractivity contribution in [2.75, 3.05) is 62.8 Å². The lowest BCUT2D eigenvalue weighted by Crippen LogP contribution is -2.48. The van der Waals surface area contributed by atoms with Crippen molar-refractivity contribution in [3.05, 3.63) is 66.0 Å². The molecule has 6 rings (SSSR count). The topological polar surface area (TPSA) is 129 Å². The Kier molecular flexibility index (Phi) is 9.11. The third kappa shape index (κ3) is 6.79. The fourth-order valence-electron chi connectivity index (χ4n) is 5.96. The summed E-state index contributed by atoms with van der Waals surface area (Å²) in [5.74, 6) is 0.543. The van der Waals surface area contributed by atoms with Crippen LogP contribution in [0.25, 0.3) is 22.3 Å². The Morgan fingerprint density at radius 3 is 2.30 bits per heavy atom. The first-order valence-corrected chi connectivity index (χ1v) is 15.2. The van der Waals surface area contributed by atoms with Crippen LogP contribution in [0.1, 0.15) is 47.6 Å². The molecule has 0 atom stereocenters. The summed E-state index contributed by atoms with van der Waals surface area (Å²) in [6, 6.07) is 15.6. The van der Waals surface area contributed by atoms with Gasteiger partial charge in [-0.05, 0) is 41.7 Å². The molecule has 0 radical (unpaired) electrons. The summed E-state index contributed by atoms with van der Waals surface area (Å²) in [5, 5.41) is 21.6. The van der Waals surface area contributed by atoms with Crippen molar-refractivity contribution in [1.82, 2.24) is 24.4 Å². The third-order valence-electron chi connectivity index (χ3n) is 8.45. The van der Waals surface area contributed by atoms with Gasteiger partial charge in [0.15, 0.2) is 17.0 Å². The number of aromatic carboxylic acids is 1. The molecule has 1 saturated heterocycles. The number of carboxylic acids is 1. The summed E-state index contributed by atoms with van der Waals surface area (Å²) in [6.07, 6.45) is 6.69. The zero-order valence-corrected chi connectivity index (χ0v) is 24.4. The fraction of sp³-hybridized carbons (Fsp3) is 0.438. The Labute approximate surface area is 251 Å². The number of carboxylic acid groups (broad SMARTS) is 1. The van der Waals surface area contributed by atoms with Crippen LogP contribution in [0.2, 0.25) is 0 Å². The van der Waals surface area contributed by atoms with E-state index in [1.165, 1.54) is 12.8 Å². The number of anilines is 2. The minimum atomic E-state index is -0.925. The van der Waals surface area contributed by atoms with E-state index in [-0.39, 0.29) is 12.2 Å². The number of piperazine rings is 1. The predicted octanol–water partition coefficient (Wildman–Crippen LogP) is 4.05. The molecule has 2 fully saturated rings. The molecule has 0 spiro atoms. The Balaban J connectivity index is 1.18. The number of rotatable bonds is 12. The van der Waals surface area contributed by atoms with Gasteiger partial charge in [0.1, 0.15) is 0 Å². The molecule has 1 aliphatic carbocycles. The molecule has 0 bridgehead atoms. The maximum absolute atomic E-state index is 11.2. The number of ether oxygens (including phenoxy) is 1. The van der Waals surface area contributed by atoms with E-state index in [0.29, 0.717) is 25.8 Å². The lowest BCUT2D eigenvalue weighted by Gasteiger charge is -2.34. The molecule has 1 aliphatic heterocycles. The summed E-state index contributed by atoms with van der Waals surface area (Å²) in [6.45, 7) is 5.95. The van der Waals surface area contributed by atoms with E-state index in [0.717, 1.165) is 85.2 Å². The van der Waals surface area contributed by atoms with E-state index in [1.807, 2.05) is 18.5 Å². The monoisotopic (exact) mass is 585 g/mol. The minimum Gasteiger partial charge on any atom is -0.478 e. The Morgan fingerprint density at radius 1 is 0.930 bits per heavy atom. The second kappa shape index (κ2) is 13.5. The first-order chi connectivity index (χ1) is 21.1. The van der Waals surface area contributed by atoms with Gasteiger partial charge in [0, 0.05) is 45.3 Å². The SMILES string of the molecule is O=C(O)c1ccc(-c2ccc(CNc3nc(N4CCN(CCOCCO)CC4)nc4c3ncn4C3CCCC3)cc2)cc1. The van der Waals surface area contributed by atoms with Gasteiger partial charge < -0.3 is 29.7 Å². The van der Waals surface area contributed by atoms with Crippen molar-refractivity contribution in [2.24, 2.45) is 0 Å². The zero-order valence-electron chi connectivity index (χ0n) is 24.4. The molecule has 2 aromatic carbocycles. The van der Waals surface area contributed by atoms with Crippen molar-refractivity contribution in [3.63, 3.8) is 0 Å². The van der Waals surface area contributed by atoms with Crippen molar-refractivity contribution in [3.8, 4) is 11.1 Å². The molecule has 1 saturated carbocycles. The lowest BCUT2D eigenvalue weighted by molar-refractivity contribution is 0.0697. The molecule has 11 nitrogen and oxygen atoms in total. The first-order valence-electron chi connectivity index (χ1n) is 15.2. The molecule has 43 heavy (non-hydrogen) atoms. The smallest absolute Gasteiger partial charge is 0.335 e. The molecule has 0 unspecified atom stereocenters. The van der Waals surface area contributed by atoms with Gasteiger partial charge >= 0.3 is 5.97 Å². The van der Waals surface area contributed by atoms with E-state index < -0.39 is 5.97 Å². The quantitative estimate of drug-likeness (QED) is 0.210. The van der Waals surface area contributed by atoms with Gasteiger partial charge in [-0.3, -0.25) is 4.90 Å². The number of aliphatic hydroxyl groups excluding tert-OH is 1. The molecule has 226 valence electrons. The summed E-state index contributed by atoms with van der Waals surface area (Å²) < 4.78 is 7.70. The van der Waals surface area contributed by atoms with Crippen LogP contribution < -0.4 is 10.2 Å². The van der Waals surface area contributed by atoms with Crippen LogP contribution in [0, 0.1) is 0 Å². The van der Waals surface area contributed by atoms with Gasteiger partial charge in [0.2, 0.25) is 5.95 Å². The van der Waals surface area contributed by atoms with Crippen molar-refractivity contribution >= 4 is 28.9 Å². The Hall–Kier alpha value is -4.06. The highest BCUT2D eigenvalue weighted by atomic mass is 16.5. The van der Waals surface area contributed by atoms with Gasteiger partial charge in [-0.15, -0.1) is 0 Å². The first kappa shape index (κ1) is 29.0. The number of nitrogens with zero attached hydrogens (tertiary/aromatic N) is 6. The predicted molar refractivity (Wildman–Crippen MR) is 166 cm³/mol. The number of aromatic nitrogens is 4. The molecule has 11 heteroatoms. The normalized spacial score (nSPS) is 16.3. The summed E-state index contributed by atoms with van der Waals surface area (Å²) in [4.78, 5) is 30.6. The number of aliphatic hydroxyl groups is 1. The number of benzene rings is 2. The number of nitrogens with one attached hydrogen (secondary N) is 1. The molecule has 2 aliphatic rings. The molecular formula is C32H39N7O4. The molecule has 3 N–H and O–H groups in total. The van der Waals surface area contributed by atoms with Crippen molar-refractivity contribution in [2.45, 2.75) is 38.3 Å². The summed E-state index contributed by atoms with van der Waals surface area (Å²) >= 11 is 0. The molecule has 4 aromatic rings. The molecule has 3 heterocycles. The molecule has 0 amide bonds. The van der Waals surface area contributed by atoms with Gasteiger partial charge in [-0.25, -0.2) is 9.78 Å². The summed E-state index contributed by atoms with van der Waals surface area (Å²) in [5.41, 5.74) is 5.07. The van der Waals surface area contributed by atoms with Crippen LogP contribution in [0.5, 0.6) is 0 Å². The number of imidazole rings is 1. The number of fused-ring (bicyclic) bond motifs is 1. The second-order valence-electron chi connectivity index (χ2n) is 11.2. The second-order valence-corrected chi connectivity index (χ2v) is 11.2. The largest absolute Gasteiger partial charge is 0.478 e. The highest BCUT2D eigenvalue weighted by Gasteiger charge is 2.25. The standard InChI is InChI=1S/C32H39N7O4/c40-18-20-43-19-17-37-13-15-38(16-14-37)32-35-29(28-30(36-32)39(22-34-28)27-3-1-2-4-27)33-21-23-5-7-24(8-6-23)25-9-11-26(12-10-25)31(41)42/h5-12,22,27,40H,1-4,13-21H2,(H,41,42)(H,33,35,36). The molecule has 2 aromatic heterocycles. The van der Waals surface area contributed by atoms with Crippen LogP contribution in [-0.4, -0.2) is 93.1 Å². The fourth-order valence-corrected chi connectivity index (χ4v) is 5.96. The zero-order chi connectivity index (χ0) is 29.6. The minimum absolute atomic E-state index is 0.0529. The van der Waals surface area contributed by atoms with Crippen LogP contribution >= 0.6 is 0 Å². The average molecular weight is 586 g/mol. The van der Waals surface area contributed by atoms with Crippen LogP contribution in [0.4, 0.5) is 11.8 Å². The highest BCUT2D eigenvalue weighted by Crippen LogP contribution is 2.33. The van der Waals surface area contributed by atoms with Crippen LogP contribution in [0.15, 0.2) is 54.9 Å². The van der Waals surface area contributed by atoms with E-state index in [9.17, 15) is 4.79 Å². The van der Waals surface area contributed by atoms with Crippen molar-refractivity contribution in [1.29, 1.82) is 0 Å². The Morgan fingerprint density at radius 2 is 1.63 bits per heavy atom. The number of hydrogen-bond acceptors (Lipinski definition) is 9. The lowest BCUT2D eigenvalue weighted by atomic mass is 10.0. The highest BCUT2D eigenvalue weighted by molar-refractivity contribution is 5.88. The van der Waals surface area contributed by atoms with E-state index >= 15 is 0 Å². The van der Waals surface area contributed by atoms with Crippen LogP contribution in [-0.2, 0) is 11.3 Å². The van der Waals surface area contributed by atoms with E-state index in [4.69, 9.17) is 29.9 Å². The van der Waals surface area contributed by atoms with Gasteiger partial charge in [0.05, 0.1) is 31.7 Å². The number of carbonyl (C=O) groups is 1. The number of hydrogen-bond donors (Lipinski definition) is 3. The van der Waals surface area contributed by atoms with Gasteiger partial charge in [0.25, 0.3) is 0 Å². The Bertz CT molecular complexity index is 1510. The summed E-state index contributed by atoms with van der Waals surface area (Å²) in [7, 11) is 0. The van der Waals surface area contributed by atoms with Gasteiger partial charge in [-0.1, -0.05) is 49.2 Å². The van der Waals surface area contributed by atoms with E-state index in [1.54, 1.807) is 12.1 Å². The van der Waals surface area contributed by atoms with Gasteiger partial charge in [-0.2, -0.15) is 9.97 Å². The maximum Gasteiger partial charge on any atom is 0.335 e. The third-order valence-corrected chi connectivity index (χ3v) is 8.45.